The Bertz CT molecular complexity index is 560. The number of aromatic nitrogens is 1. The summed E-state index contributed by atoms with van der Waals surface area (Å²) in [7, 11) is 0. The number of benzene rings is 1. The summed E-state index contributed by atoms with van der Waals surface area (Å²) in [6, 6.07) is 6.92. The molecule has 0 fully saturated rings. The highest BCUT2D eigenvalue weighted by Crippen LogP contribution is 2.20. The van der Waals surface area contributed by atoms with Crippen LogP contribution in [-0.2, 0) is 4.79 Å². The molecule has 0 saturated carbocycles. The summed E-state index contributed by atoms with van der Waals surface area (Å²) in [5, 5.41) is 2.77. The maximum Gasteiger partial charge on any atom is 0.241 e. The van der Waals surface area contributed by atoms with Crippen molar-refractivity contribution in [2.24, 2.45) is 5.73 Å². The normalized spacial score (nSPS) is 12.2. The van der Waals surface area contributed by atoms with Crippen LogP contribution >= 0.6 is 0 Å². The van der Waals surface area contributed by atoms with Gasteiger partial charge in [-0.05, 0) is 18.6 Å². The molecule has 0 aliphatic heterocycles. The number of hydrogen-bond donors (Lipinski definition) is 2. The summed E-state index contributed by atoms with van der Waals surface area (Å²) in [6.07, 6.45) is 2.22. The van der Waals surface area contributed by atoms with Crippen molar-refractivity contribution in [2.75, 3.05) is 5.32 Å². The van der Waals surface area contributed by atoms with E-state index in [9.17, 15) is 4.79 Å². The smallest absolute Gasteiger partial charge is 0.241 e. The van der Waals surface area contributed by atoms with E-state index in [0.717, 1.165) is 16.9 Å². The number of carbonyl (C=O) groups excluding carboxylic acids is 1. The molecule has 5 nitrogen and oxygen atoms in total. The number of nitrogens with one attached hydrogen (secondary N) is 1. The molecule has 0 spiro atoms. The molecule has 3 N–H and O–H groups in total. The second-order valence-electron chi connectivity index (χ2n) is 4.33. The van der Waals surface area contributed by atoms with E-state index in [1.54, 1.807) is 13.2 Å². The number of aryl methyl sites for hydroxylation is 1. The molecule has 1 atom stereocenters. The zero-order valence-corrected chi connectivity index (χ0v) is 11.0. The molecule has 0 aliphatic carbocycles. The number of oxazole rings is 1. The fourth-order valence-corrected chi connectivity index (χ4v) is 1.64. The molecule has 0 radical (unpaired) electrons. The summed E-state index contributed by atoms with van der Waals surface area (Å²) in [5.41, 5.74) is 8.09. The standard InChI is InChI=1S/C14H17N3O2/c1-3-12(15)14(18)17-11-6-4-10(5-7-11)13-8-19-9(2)16-13/h4-8,12H,3,15H2,1-2H3,(H,17,18)/t12-/m0/s1. The first kappa shape index (κ1) is 13.3. The van der Waals surface area contributed by atoms with Crippen LogP contribution in [0.25, 0.3) is 11.3 Å². The van der Waals surface area contributed by atoms with E-state index in [2.05, 4.69) is 10.3 Å². The summed E-state index contributed by atoms with van der Waals surface area (Å²) in [5.74, 6) is 0.453. The van der Waals surface area contributed by atoms with E-state index < -0.39 is 6.04 Å². The van der Waals surface area contributed by atoms with E-state index >= 15 is 0 Å². The van der Waals surface area contributed by atoms with Gasteiger partial charge in [0.1, 0.15) is 12.0 Å². The van der Waals surface area contributed by atoms with Crippen molar-refractivity contribution in [3.05, 3.63) is 36.4 Å². The molecule has 1 aromatic carbocycles. The predicted octanol–water partition coefficient (Wildman–Crippen LogP) is 2.33. The predicted molar refractivity (Wildman–Crippen MR) is 73.6 cm³/mol. The molecule has 1 heterocycles. The zero-order valence-electron chi connectivity index (χ0n) is 11.0. The van der Waals surface area contributed by atoms with Crippen LogP contribution in [-0.4, -0.2) is 16.9 Å². The maximum atomic E-state index is 11.6. The lowest BCUT2D eigenvalue weighted by atomic mass is 10.1. The lowest BCUT2D eigenvalue weighted by Crippen LogP contribution is -2.34. The zero-order chi connectivity index (χ0) is 13.8. The minimum absolute atomic E-state index is 0.174. The van der Waals surface area contributed by atoms with Crippen LogP contribution in [0.15, 0.2) is 34.9 Å². The molecule has 5 heteroatoms. The third kappa shape index (κ3) is 3.20. The topological polar surface area (TPSA) is 81.2 Å². The average Bonchev–Trinajstić information content (AvgIpc) is 2.85. The summed E-state index contributed by atoms with van der Waals surface area (Å²) in [4.78, 5) is 15.9. The Morgan fingerprint density at radius 3 is 2.63 bits per heavy atom. The van der Waals surface area contributed by atoms with Crippen molar-refractivity contribution < 1.29 is 9.21 Å². The second kappa shape index (κ2) is 5.67. The largest absolute Gasteiger partial charge is 0.449 e. The fraction of sp³-hybridized carbons (Fsp3) is 0.286. The highest BCUT2D eigenvalue weighted by atomic mass is 16.3. The number of amides is 1. The highest BCUT2D eigenvalue weighted by molar-refractivity contribution is 5.94. The second-order valence-corrected chi connectivity index (χ2v) is 4.33. The Kier molecular flexibility index (Phi) is 3.97. The summed E-state index contributed by atoms with van der Waals surface area (Å²) < 4.78 is 5.16. The minimum Gasteiger partial charge on any atom is -0.449 e. The Labute approximate surface area is 111 Å². The van der Waals surface area contributed by atoms with Gasteiger partial charge in [0.15, 0.2) is 5.89 Å². The lowest BCUT2D eigenvalue weighted by Gasteiger charge is -2.10. The van der Waals surface area contributed by atoms with Crippen LogP contribution in [0.4, 0.5) is 5.69 Å². The summed E-state index contributed by atoms with van der Waals surface area (Å²) >= 11 is 0. The van der Waals surface area contributed by atoms with Gasteiger partial charge in [0.25, 0.3) is 0 Å². The molecular weight excluding hydrogens is 242 g/mol. The van der Waals surface area contributed by atoms with Crippen molar-refractivity contribution >= 4 is 11.6 Å². The monoisotopic (exact) mass is 259 g/mol. The fourth-order valence-electron chi connectivity index (χ4n) is 1.64. The van der Waals surface area contributed by atoms with Crippen LogP contribution in [0.1, 0.15) is 19.2 Å². The van der Waals surface area contributed by atoms with E-state index in [1.807, 2.05) is 31.2 Å². The van der Waals surface area contributed by atoms with Crippen molar-refractivity contribution in [2.45, 2.75) is 26.3 Å². The van der Waals surface area contributed by atoms with Crippen molar-refractivity contribution in [3.63, 3.8) is 0 Å². The molecular formula is C14H17N3O2. The third-order valence-electron chi connectivity index (χ3n) is 2.84. The highest BCUT2D eigenvalue weighted by Gasteiger charge is 2.11. The third-order valence-corrected chi connectivity index (χ3v) is 2.84. The molecule has 100 valence electrons. The number of hydrogen-bond acceptors (Lipinski definition) is 4. The number of anilines is 1. The van der Waals surface area contributed by atoms with Crippen molar-refractivity contribution in [1.82, 2.24) is 4.98 Å². The van der Waals surface area contributed by atoms with E-state index in [0.29, 0.717) is 12.3 Å². The van der Waals surface area contributed by atoms with Gasteiger partial charge in [0.05, 0.1) is 6.04 Å². The quantitative estimate of drug-likeness (QED) is 0.883. The first-order valence-electron chi connectivity index (χ1n) is 6.19. The Morgan fingerprint density at radius 2 is 2.11 bits per heavy atom. The Hall–Kier alpha value is -2.14. The SMILES string of the molecule is CC[C@H](N)C(=O)Nc1ccc(-c2coc(C)n2)cc1. The van der Waals surface area contributed by atoms with Gasteiger partial charge < -0.3 is 15.5 Å². The van der Waals surface area contributed by atoms with Crippen LogP contribution in [0.5, 0.6) is 0 Å². The minimum atomic E-state index is -0.474. The van der Waals surface area contributed by atoms with Gasteiger partial charge in [-0.3, -0.25) is 4.79 Å². The molecule has 1 aromatic heterocycles. The number of carbonyl (C=O) groups is 1. The van der Waals surface area contributed by atoms with Crippen molar-refractivity contribution in [3.8, 4) is 11.3 Å². The lowest BCUT2D eigenvalue weighted by molar-refractivity contribution is -0.117. The van der Waals surface area contributed by atoms with Gasteiger partial charge >= 0.3 is 0 Å². The van der Waals surface area contributed by atoms with Crippen molar-refractivity contribution in [1.29, 1.82) is 0 Å². The summed E-state index contributed by atoms with van der Waals surface area (Å²) in [6.45, 7) is 3.67. The number of nitrogens with two attached hydrogens (primary N) is 1. The van der Waals surface area contributed by atoms with Gasteiger partial charge in [-0.2, -0.15) is 0 Å². The molecule has 2 rings (SSSR count). The van der Waals surface area contributed by atoms with E-state index in [4.69, 9.17) is 10.2 Å². The van der Waals surface area contributed by atoms with Gasteiger partial charge in [-0.15, -0.1) is 0 Å². The Morgan fingerprint density at radius 1 is 1.42 bits per heavy atom. The first-order valence-corrected chi connectivity index (χ1v) is 6.19. The van der Waals surface area contributed by atoms with Crippen LogP contribution in [0, 0.1) is 6.92 Å². The van der Waals surface area contributed by atoms with Crippen LogP contribution < -0.4 is 11.1 Å². The molecule has 0 aliphatic rings. The van der Waals surface area contributed by atoms with Gasteiger partial charge in [0, 0.05) is 18.2 Å². The van der Waals surface area contributed by atoms with E-state index in [-0.39, 0.29) is 5.91 Å². The molecule has 0 bridgehead atoms. The van der Waals surface area contributed by atoms with E-state index in [1.165, 1.54) is 0 Å². The molecule has 2 aromatic rings. The average molecular weight is 259 g/mol. The van der Waals surface area contributed by atoms with Gasteiger partial charge in [-0.25, -0.2) is 4.98 Å². The number of rotatable bonds is 4. The molecule has 19 heavy (non-hydrogen) atoms. The van der Waals surface area contributed by atoms with Crippen LogP contribution in [0.2, 0.25) is 0 Å². The first-order chi connectivity index (χ1) is 9.10. The molecule has 1 amide bonds. The Balaban J connectivity index is 2.08. The molecule has 0 unspecified atom stereocenters. The van der Waals surface area contributed by atoms with Gasteiger partial charge in [-0.1, -0.05) is 19.1 Å². The maximum absolute atomic E-state index is 11.6. The number of nitrogens with zero attached hydrogens (tertiary/aromatic N) is 1. The van der Waals surface area contributed by atoms with Crippen LogP contribution in [0.3, 0.4) is 0 Å². The molecule has 0 saturated heterocycles. The van der Waals surface area contributed by atoms with Gasteiger partial charge in [0.2, 0.25) is 5.91 Å².